The van der Waals surface area contributed by atoms with Gasteiger partial charge in [-0.25, -0.2) is 4.98 Å². The van der Waals surface area contributed by atoms with Crippen molar-refractivity contribution in [2.75, 3.05) is 6.26 Å². The van der Waals surface area contributed by atoms with Gasteiger partial charge in [-0.2, -0.15) is 5.10 Å². The van der Waals surface area contributed by atoms with Gasteiger partial charge in [-0.15, -0.1) is 0 Å². The van der Waals surface area contributed by atoms with E-state index in [4.69, 9.17) is 0 Å². The van der Waals surface area contributed by atoms with Gasteiger partial charge in [0, 0.05) is 0 Å². The van der Waals surface area contributed by atoms with Gasteiger partial charge in [0.05, 0.1) is 0 Å². The molecule has 0 radical (unpaired) electrons. The highest BCUT2D eigenvalue weighted by Crippen LogP contribution is 2.02. The van der Waals surface area contributed by atoms with Crippen LogP contribution in [0.5, 0.6) is 0 Å². The lowest BCUT2D eigenvalue weighted by Crippen LogP contribution is -1.68. The average Bonchev–Trinajstić information content (AvgIpc) is 2.43. The summed E-state index contributed by atoms with van der Waals surface area (Å²) in [4.78, 5) is 3.83. The molecule has 0 aliphatic rings. The number of nitrogens with zero attached hydrogens (tertiary/aromatic N) is 2. The molecule has 1 aromatic heterocycles. The summed E-state index contributed by atoms with van der Waals surface area (Å²) in [5.74, 6) is 0. The van der Waals surface area contributed by atoms with Crippen LogP contribution in [-0.2, 0) is 0 Å². The molecule has 0 saturated carbocycles. The molecule has 1 rings (SSSR count). The number of aromatic nitrogens is 3. The smallest absolute Gasteiger partial charge is 0.183 e. The first-order chi connectivity index (χ1) is 4.43. The molecule has 52 valence electrons. The largest absolute Gasteiger partial charge is 0.254 e. The van der Waals surface area contributed by atoms with Crippen molar-refractivity contribution in [1.29, 1.82) is 0 Å². The molecule has 9 heavy (non-hydrogen) atoms. The van der Waals surface area contributed by atoms with Crippen molar-refractivity contribution in [1.82, 2.24) is 15.2 Å². The molecular formula is C5H11N3S. The number of aromatic amines is 1. The van der Waals surface area contributed by atoms with E-state index in [1.165, 1.54) is 6.33 Å². The molecule has 0 bridgehead atoms. The Bertz CT molecular complexity index is 127. The second kappa shape index (κ2) is 5.62. The van der Waals surface area contributed by atoms with Gasteiger partial charge in [-0.1, -0.05) is 25.6 Å². The Morgan fingerprint density at radius 1 is 1.56 bits per heavy atom. The number of hydrogen-bond acceptors (Lipinski definition) is 3. The average molecular weight is 145 g/mol. The summed E-state index contributed by atoms with van der Waals surface area (Å²) in [6, 6.07) is 0. The maximum Gasteiger partial charge on any atom is 0.183 e. The third kappa shape index (κ3) is 3.13. The number of rotatable bonds is 1. The third-order valence-electron chi connectivity index (χ3n) is 0.586. The Morgan fingerprint density at radius 3 is 2.44 bits per heavy atom. The van der Waals surface area contributed by atoms with Crippen LogP contribution in [0.4, 0.5) is 0 Å². The van der Waals surface area contributed by atoms with Crippen LogP contribution in [-0.4, -0.2) is 21.4 Å². The van der Waals surface area contributed by atoms with E-state index in [0.717, 1.165) is 5.16 Å². The first-order valence-corrected chi connectivity index (χ1v) is 4.05. The Morgan fingerprint density at radius 2 is 2.22 bits per heavy atom. The van der Waals surface area contributed by atoms with Gasteiger partial charge < -0.3 is 0 Å². The Balaban J connectivity index is 0.000000291. The number of H-pyrrole nitrogens is 1. The molecule has 3 nitrogen and oxygen atoms in total. The molecule has 1 N–H and O–H groups in total. The highest BCUT2D eigenvalue weighted by molar-refractivity contribution is 7.98. The fraction of sp³-hybridized carbons (Fsp3) is 0.600. The van der Waals surface area contributed by atoms with E-state index in [1.54, 1.807) is 11.8 Å². The quantitative estimate of drug-likeness (QED) is 0.610. The summed E-state index contributed by atoms with van der Waals surface area (Å²) in [6.07, 6.45) is 3.44. The number of hydrogen-bond donors (Lipinski definition) is 1. The lowest BCUT2D eigenvalue weighted by Gasteiger charge is -1.77. The van der Waals surface area contributed by atoms with Gasteiger partial charge in [-0.3, -0.25) is 5.10 Å². The molecule has 0 atom stereocenters. The molecule has 0 aliphatic carbocycles. The zero-order chi connectivity index (χ0) is 7.11. The lowest BCUT2D eigenvalue weighted by atomic mass is 11.0. The Kier molecular flexibility index (Phi) is 5.30. The van der Waals surface area contributed by atoms with Crippen LogP contribution >= 0.6 is 11.8 Å². The zero-order valence-corrected chi connectivity index (χ0v) is 6.70. The van der Waals surface area contributed by atoms with Crippen LogP contribution in [0.2, 0.25) is 0 Å². The molecule has 0 fully saturated rings. The van der Waals surface area contributed by atoms with Crippen molar-refractivity contribution in [3.05, 3.63) is 6.33 Å². The molecule has 0 aliphatic heterocycles. The van der Waals surface area contributed by atoms with Gasteiger partial charge in [-0.05, 0) is 6.26 Å². The van der Waals surface area contributed by atoms with Gasteiger partial charge in [0.15, 0.2) is 5.16 Å². The number of thioether (sulfide) groups is 1. The molecule has 4 heteroatoms. The first-order valence-electron chi connectivity index (χ1n) is 2.83. The summed E-state index contributed by atoms with van der Waals surface area (Å²) in [6.45, 7) is 4.00. The van der Waals surface area contributed by atoms with E-state index < -0.39 is 0 Å². The van der Waals surface area contributed by atoms with Crippen molar-refractivity contribution in [2.24, 2.45) is 0 Å². The second-order valence-corrected chi connectivity index (χ2v) is 1.79. The minimum absolute atomic E-state index is 0.861. The molecule has 0 unspecified atom stereocenters. The van der Waals surface area contributed by atoms with Crippen molar-refractivity contribution in [3.8, 4) is 0 Å². The topological polar surface area (TPSA) is 41.6 Å². The van der Waals surface area contributed by atoms with Gasteiger partial charge in [0.1, 0.15) is 6.33 Å². The molecule has 0 amide bonds. The van der Waals surface area contributed by atoms with Crippen molar-refractivity contribution >= 4 is 11.8 Å². The first kappa shape index (κ1) is 8.49. The van der Waals surface area contributed by atoms with E-state index >= 15 is 0 Å². The fourth-order valence-corrected chi connectivity index (χ4v) is 0.589. The van der Waals surface area contributed by atoms with Crippen molar-refractivity contribution in [2.45, 2.75) is 19.0 Å². The second-order valence-electron chi connectivity index (χ2n) is 0.995. The van der Waals surface area contributed by atoms with E-state index in [0.29, 0.717) is 0 Å². The van der Waals surface area contributed by atoms with Crippen LogP contribution < -0.4 is 0 Å². The standard InChI is InChI=1S/C3H5N3S.C2H6/c1-7-3-4-2-5-6-3;1-2/h2H,1H3,(H,4,5,6);1-2H3. The third-order valence-corrected chi connectivity index (χ3v) is 1.17. The Hall–Kier alpha value is -0.510. The fourth-order valence-electron chi connectivity index (χ4n) is 0.293. The van der Waals surface area contributed by atoms with E-state index in [-0.39, 0.29) is 0 Å². The molecule has 0 saturated heterocycles. The maximum absolute atomic E-state index is 3.83. The van der Waals surface area contributed by atoms with E-state index in [2.05, 4.69) is 15.2 Å². The maximum atomic E-state index is 3.83. The molecule has 1 heterocycles. The van der Waals surface area contributed by atoms with Crippen LogP contribution in [0.25, 0.3) is 0 Å². The monoisotopic (exact) mass is 145 g/mol. The highest BCUT2D eigenvalue weighted by atomic mass is 32.2. The predicted molar refractivity (Wildman–Crippen MR) is 39.5 cm³/mol. The predicted octanol–water partition coefficient (Wildman–Crippen LogP) is 1.55. The molecular weight excluding hydrogens is 134 g/mol. The van der Waals surface area contributed by atoms with E-state index in [9.17, 15) is 0 Å². The van der Waals surface area contributed by atoms with Crippen LogP contribution in [0.15, 0.2) is 11.5 Å². The van der Waals surface area contributed by atoms with Gasteiger partial charge in [0.2, 0.25) is 0 Å². The van der Waals surface area contributed by atoms with Gasteiger partial charge in [0.25, 0.3) is 0 Å². The van der Waals surface area contributed by atoms with Crippen LogP contribution in [0.3, 0.4) is 0 Å². The minimum atomic E-state index is 0.861. The summed E-state index contributed by atoms with van der Waals surface area (Å²) < 4.78 is 0. The SMILES string of the molecule is CC.CSc1ncn[nH]1. The van der Waals surface area contributed by atoms with E-state index in [1.807, 2.05) is 20.1 Å². The van der Waals surface area contributed by atoms with Crippen LogP contribution in [0, 0.1) is 0 Å². The lowest BCUT2D eigenvalue weighted by molar-refractivity contribution is 0.976. The number of nitrogens with one attached hydrogen (secondary N) is 1. The molecule has 0 aromatic carbocycles. The molecule has 0 spiro atoms. The summed E-state index contributed by atoms with van der Waals surface area (Å²) in [5, 5.41) is 7.19. The summed E-state index contributed by atoms with van der Waals surface area (Å²) in [7, 11) is 0. The normalized spacial score (nSPS) is 7.89. The minimum Gasteiger partial charge on any atom is -0.254 e. The molecule has 1 aromatic rings. The Labute approximate surface area is 59.3 Å². The van der Waals surface area contributed by atoms with Gasteiger partial charge >= 0.3 is 0 Å². The summed E-state index contributed by atoms with van der Waals surface area (Å²) in [5.41, 5.74) is 0. The summed E-state index contributed by atoms with van der Waals surface area (Å²) >= 11 is 1.55. The van der Waals surface area contributed by atoms with Crippen molar-refractivity contribution in [3.63, 3.8) is 0 Å². The zero-order valence-electron chi connectivity index (χ0n) is 5.88. The van der Waals surface area contributed by atoms with Crippen LogP contribution in [0.1, 0.15) is 13.8 Å². The van der Waals surface area contributed by atoms with Crippen molar-refractivity contribution < 1.29 is 0 Å². The highest BCUT2D eigenvalue weighted by Gasteiger charge is 1.84.